The predicted octanol–water partition coefficient (Wildman–Crippen LogP) is 5.63. The number of hydrogen-bond acceptors (Lipinski definition) is 4. The van der Waals surface area contributed by atoms with Gasteiger partial charge in [0.25, 0.3) is 0 Å². The van der Waals surface area contributed by atoms with Crippen molar-refractivity contribution >= 4 is 17.6 Å². The SMILES string of the molecule is CCCCC(Oc1ccc(Oc2ccc(Cl)cc2)cc1)C(=O)OCC. The van der Waals surface area contributed by atoms with Crippen molar-refractivity contribution in [2.24, 2.45) is 0 Å². The number of halogens is 1. The summed E-state index contributed by atoms with van der Waals surface area (Å²) in [5.41, 5.74) is 0. The van der Waals surface area contributed by atoms with Crippen molar-refractivity contribution in [1.82, 2.24) is 0 Å². The van der Waals surface area contributed by atoms with Crippen LogP contribution in [0.1, 0.15) is 33.1 Å². The third kappa shape index (κ3) is 6.31. The molecule has 25 heavy (non-hydrogen) atoms. The fraction of sp³-hybridized carbons (Fsp3) is 0.350. The van der Waals surface area contributed by atoms with E-state index in [2.05, 4.69) is 6.92 Å². The molecule has 0 aliphatic heterocycles. The van der Waals surface area contributed by atoms with Gasteiger partial charge in [-0.3, -0.25) is 0 Å². The Morgan fingerprint density at radius 3 is 2.08 bits per heavy atom. The van der Waals surface area contributed by atoms with Crippen LogP contribution in [-0.2, 0) is 9.53 Å². The normalized spacial score (nSPS) is 11.6. The number of carbonyl (C=O) groups excluding carboxylic acids is 1. The van der Waals surface area contributed by atoms with Gasteiger partial charge in [0.15, 0.2) is 6.10 Å². The summed E-state index contributed by atoms with van der Waals surface area (Å²) < 4.78 is 16.6. The molecule has 0 fully saturated rings. The summed E-state index contributed by atoms with van der Waals surface area (Å²) in [5, 5.41) is 0.660. The van der Waals surface area contributed by atoms with E-state index < -0.39 is 6.10 Å². The quantitative estimate of drug-likeness (QED) is 0.542. The van der Waals surface area contributed by atoms with Crippen molar-refractivity contribution in [1.29, 1.82) is 0 Å². The lowest BCUT2D eigenvalue weighted by Crippen LogP contribution is -2.29. The molecule has 0 saturated carbocycles. The first-order valence-corrected chi connectivity index (χ1v) is 8.87. The topological polar surface area (TPSA) is 44.8 Å². The summed E-state index contributed by atoms with van der Waals surface area (Å²) in [5.74, 6) is 1.66. The first kappa shape index (κ1) is 19.1. The van der Waals surface area contributed by atoms with E-state index in [0.29, 0.717) is 35.3 Å². The van der Waals surface area contributed by atoms with Gasteiger partial charge in [-0.15, -0.1) is 0 Å². The third-order valence-electron chi connectivity index (χ3n) is 3.52. The number of esters is 1. The second-order valence-corrected chi connectivity index (χ2v) is 5.96. The zero-order valence-electron chi connectivity index (χ0n) is 14.5. The fourth-order valence-corrected chi connectivity index (χ4v) is 2.36. The molecule has 0 N–H and O–H groups in total. The molecule has 134 valence electrons. The molecule has 4 nitrogen and oxygen atoms in total. The second-order valence-electron chi connectivity index (χ2n) is 5.53. The van der Waals surface area contributed by atoms with Crippen LogP contribution in [-0.4, -0.2) is 18.7 Å². The van der Waals surface area contributed by atoms with Gasteiger partial charge in [0.1, 0.15) is 17.2 Å². The van der Waals surface area contributed by atoms with E-state index in [0.717, 1.165) is 12.8 Å². The number of benzene rings is 2. The molecular weight excluding hydrogens is 340 g/mol. The van der Waals surface area contributed by atoms with Gasteiger partial charge in [0.05, 0.1) is 6.61 Å². The molecule has 5 heteroatoms. The van der Waals surface area contributed by atoms with E-state index >= 15 is 0 Å². The second kappa shape index (κ2) is 9.94. The highest BCUT2D eigenvalue weighted by atomic mass is 35.5. The minimum atomic E-state index is -0.581. The Balaban J connectivity index is 1.99. The van der Waals surface area contributed by atoms with E-state index in [4.69, 9.17) is 25.8 Å². The predicted molar refractivity (Wildman–Crippen MR) is 98.5 cm³/mol. The van der Waals surface area contributed by atoms with Gasteiger partial charge in [-0.2, -0.15) is 0 Å². The van der Waals surface area contributed by atoms with Gasteiger partial charge in [0.2, 0.25) is 0 Å². The Morgan fingerprint density at radius 1 is 0.960 bits per heavy atom. The van der Waals surface area contributed by atoms with Gasteiger partial charge in [-0.05, 0) is 68.3 Å². The van der Waals surface area contributed by atoms with E-state index in [1.54, 1.807) is 55.5 Å². The molecule has 0 aliphatic carbocycles. The van der Waals surface area contributed by atoms with Crippen LogP contribution < -0.4 is 9.47 Å². The highest BCUT2D eigenvalue weighted by Crippen LogP contribution is 2.26. The van der Waals surface area contributed by atoms with Gasteiger partial charge in [-0.1, -0.05) is 24.9 Å². The molecule has 0 saturated heterocycles. The average molecular weight is 363 g/mol. The highest BCUT2D eigenvalue weighted by Gasteiger charge is 2.21. The maximum atomic E-state index is 12.0. The average Bonchev–Trinajstić information content (AvgIpc) is 2.62. The standard InChI is InChI=1S/C20H23ClO4/c1-3-5-6-19(20(22)23-4-2)25-18-13-11-17(12-14-18)24-16-9-7-15(21)8-10-16/h7-14,19H,3-6H2,1-2H3. The number of unbranched alkanes of at least 4 members (excludes halogenated alkanes) is 1. The molecule has 0 amide bonds. The third-order valence-corrected chi connectivity index (χ3v) is 3.77. The van der Waals surface area contributed by atoms with Crippen LogP contribution in [0.4, 0.5) is 0 Å². The van der Waals surface area contributed by atoms with Crippen molar-refractivity contribution in [3.05, 3.63) is 53.6 Å². The maximum Gasteiger partial charge on any atom is 0.347 e. The van der Waals surface area contributed by atoms with Crippen LogP contribution in [0.3, 0.4) is 0 Å². The Labute approximate surface area is 153 Å². The lowest BCUT2D eigenvalue weighted by atomic mass is 10.1. The smallest absolute Gasteiger partial charge is 0.347 e. The van der Waals surface area contributed by atoms with Crippen LogP contribution in [0.2, 0.25) is 5.02 Å². The van der Waals surface area contributed by atoms with Crippen molar-refractivity contribution in [3.8, 4) is 17.2 Å². The van der Waals surface area contributed by atoms with E-state index in [1.165, 1.54) is 0 Å². The molecule has 0 radical (unpaired) electrons. The van der Waals surface area contributed by atoms with E-state index in [9.17, 15) is 4.79 Å². The summed E-state index contributed by atoms with van der Waals surface area (Å²) in [7, 11) is 0. The minimum Gasteiger partial charge on any atom is -0.479 e. The largest absolute Gasteiger partial charge is 0.479 e. The highest BCUT2D eigenvalue weighted by molar-refractivity contribution is 6.30. The fourth-order valence-electron chi connectivity index (χ4n) is 2.24. The Hall–Kier alpha value is -2.20. The first-order valence-electron chi connectivity index (χ1n) is 8.49. The Morgan fingerprint density at radius 2 is 1.52 bits per heavy atom. The van der Waals surface area contributed by atoms with Gasteiger partial charge in [-0.25, -0.2) is 4.79 Å². The molecule has 1 unspecified atom stereocenters. The Bertz CT molecular complexity index is 652. The van der Waals surface area contributed by atoms with Gasteiger partial charge in [0, 0.05) is 5.02 Å². The first-order chi connectivity index (χ1) is 12.1. The van der Waals surface area contributed by atoms with Crippen molar-refractivity contribution in [2.45, 2.75) is 39.2 Å². The number of rotatable bonds is 9. The molecule has 0 aliphatic rings. The van der Waals surface area contributed by atoms with E-state index in [1.807, 2.05) is 0 Å². The minimum absolute atomic E-state index is 0.322. The van der Waals surface area contributed by atoms with Crippen LogP contribution in [0.5, 0.6) is 17.2 Å². The molecule has 0 heterocycles. The lowest BCUT2D eigenvalue weighted by molar-refractivity contribution is -0.151. The Kier molecular flexibility index (Phi) is 7.61. The van der Waals surface area contributed by atoms with Crippen molar-refractivity contribution in [3.63, 3.8) is 0 Å². The monoisotopic (exact) mass is 362 g/mol. The summed E-state index contributed by atoms with van der Waals surface area (Å²) in [6.45, 7) is 4.21. The number of hydrogen-bond donors (Lipinski definition) is 0. The summed E-state index contributed by atoms with van der Waals surface area (Å²) in [4.78, 5) is 12.0. The molecular formula is C20H23ClO4. The summed E-state index contributed by atoms with van der Waals surface area (Å²) in [6, 6.07) is 14.3. The van der Waals surface area contributed by atoms with Gasteiger partial charge < -0.3 is 14.2 Å². The molecule has 2 aromatic rings. The number of ether oxygens (including phenoxy) is 3. The number of carbonyl (C=O) groups is 1. The van der Waals surface area contributed by atoms with Crippen LogP contribution in [0.25, 0.3) is 0 Å². The molecule has 2 rings (SSSR count). The molecule has 0 bridgehead atoms. The van der Waals surface area contributed by atoms with Crippen LogP contribution in [0, 0.1) is 0 Å². The summed E-state index contributed by atoms with van der Waals surface area (Å²) in [6.07, 6.45) is 1.95. The van der Waals surface area contributed by atoms with Gasteiger partial charge >= 0.3 is 5.97 Å². The molecule has 0 spiro atoms. The molecule has 2 aromatic carbocycles. The van der Waals surface area contributed by atoms with Crippen LogP contribution >= 0.6 is 11.6 Å². The zero-order chi connectivity index (χ0) is 18.1. The van der Waals surface area contributed by atoms with Crippen molar-refractivity contribution in [2.75, 3.05) is 6.61 Å². The maximum absolute atomic E-state index is 12.0. The summed E-state index contributed by atoms with van der Waals surface area (Å²) >= 11 is 5.86. The van der Waals surface area contributed by atoms with E-state index in [-0.39, 0.29) is 5.97 Å². The zero-order valence-corrected chi connectivity index (χ0v) is 15.3. The van der Waals surface area contributed by atoms with Crippen LogP contribution in [0.15, 0.2) is 48.5 Å². The molecule has 1 atom stereocenters. The molecule has 0 aromatic heterocycles. The lowest BCUT2D eigenvalue weighted by Gasteiger charge is -2.17. The van der Waals surface area contributed by atoms with Crippen molar-refractivity contribution < 1.29 is 19.0 Å².